The van der Waals surface area contributed by atoms with E-state index >= 15 is 4.39 Å². The Kier molecular flexibility index (Phi) is 3.20. The van der Waals surface area contributed by atoms with Crippen molar-refractivity contribution in [3.05, 3.63) is 39.4 Å². The molecule has 1 spiro atoms. The number of hydrogen-bond acceptors (Lipinski definition) is 5. The van der Waals surface area contributed by atoms with Crippen molar-refractivity contribution in [2.24, 2.45) is 11.1 Å². The molecule has 27 heavy (non-hydrogen) atoms. The molecular weight excluding hydrogens is 351 g/mol. The Labute approximate surface area is 154 Å². The number of carboxylic acid groups (broad SMARTS) is 1. The molecule has 1 saturated carbocycles. The summed E-state index contributed by atoms with van der Waals surface area (Å²) in [6.45, 7) is 1.94. The Bertz CT molecular complexity index is 1060. The van der Waals surface area contributed by atoms with E-state index in [1.807, 2.05) is 17.0 Å². The molecule has 1 aromatic heterocycles. The molecule has 1 aromatic carbocycles. The average Bonchev–Trinajstić information content (AvgIpc) is 3.32. The largest absolute Gasteiger partial charge is 0.477 e. The van der Waals surface area contributed by atoms with Gasteiger partial charge in [-0.05, 0) is 25.3 Å². The number of halogens is 1. The van der Waals surface area contributed by atoms with Gasteiger partial charge in [-0.1, -0.05) is 0 Å². The number of hydrogen-bond donors (Lipinski definition) is 2. The number of anilines is 1. The molecule has 0 bridgehead atoms. The van der Waals surface area contributed by atoms with Crippen LogP contribution in [0.25, 0.3) is 10.9 Å². The summed E-state index contributed by atoms with van der Waals surface area (Å²) in [5.74, 6) is -1.78. The lowest BCUT2D eigenvalue weighted by Crippen LogP contribution is -2.39. The van der Waals surface area contributed by atoms with Gasteiger partial charge in [-0.3, -0.25) is 9.47 Å². The van der Waals surface area contributed by atoms with Crippen LogP contribution in [-0.4, -0.2) is 48.5 Å². The number of nitrogens with two attached hydrogens (primary N) is 1. The molecular formula is C19H21FN4O3. The van der Waals surface area contributed by atoms with Gasteiger partial charge in [0.05, 0.1) is 16.6 Å². The lowest BCUT2D eigenvalue weighted by Gasteiger charge is -2.33. The van der Waals surface area contributed by atoms with E-state index in [0.717, 1.165) is 24.9 Å². The van der Waals surface area contributed by atoms with E-state index in [1.165, 1.54) is 12.3 Å². The number of aromatic nitrogens is 1. The second kappa shape index (κ2) is 5.22. The molecule has 3 N–H and O–H groups in total. The van der Waals surface area contributed by atoms with Crippen LogP contribution in [0.2, 0.25) is 0 Å². The number of benzene rings is 1. The van der Waals surface area contributed by atoms with Gasteiger partial charge < -0.3 is 20.7 Å². The van der Waals surface area contributed by atoms with Crippen LogP contribution in [0.15, 0.2) is 17.1 Å². The van der Waals surface area contributed by atoms with Gasteiger partial charge in [0.15, 0.2) is 0 Å². The Morgan fingerprint density at radius 2 is 2.15 bits per heavy atom. The summed E-state index contributed by atoms with van der Waals surface area (Å²) in [6.07, 6.45) is 4.08. The number of nitrogens with zero attached hydrogens (tertiary/aromatic N) is 3. The van der Waals surface area contributed by atoms with Crippen molar-refractivity contribution >= 4 is 22.6 Å². The Balaban J connectivity index is 1.78. The zero-order chi connectivity index (χ0) is 19.1. The Morgan fingerprint density at radius 1 is 1.41 bits per heavy atom. The highest BCUT2D eigenvalue weighted by atomic mass is 19.1. The van der Waals surface area contributed by atoms with E-state index in [9.17, 15) is 14.7 Å². The maximum absolute atomic E-state index is 15.2. The normalized spacial score (nSPS) is 22.7. The molecule has 1 unspecified atom stereocenters. The van der Waals surface area contributed by atoms with Gasteiger partial charge in [0.25, 0.3) is 0 Å². The molecule has 8 heteroatoms. The number of carbonyl (C=O) groups is 1. The highest BCUT2D eigenvalue weighted by Gasteiger charge is 2.54. The molecule has 0 radical (unpaired) electrons. The number of rotatable bonds is 2. The quantitative estimate of drug-likeness (QED) is 0.814. The van der Waals surface area contributed by atoms with Crippen LogP contribution in [0.3, 0.4) is 0 Å². The Morgan fingerprint density at radius 3 is 2.78 bits per heavy atom. The molecule has 7 nitrogen and oxygen atoms in total. The standard InChI is InChI=1S/C19H21FN4O3/c1-22-5-2-10-15-11(17(25)12(18(26)27)7-24(15)22)6-13(20)16(10)23-8-14(21)19(9-23)3-4-19/h6-7,14H,2-5,8-9,21H2,1H3,(H,26,27). The zero-order valence-electron chi connectivity index (χ0n) is 15.0. The van der Waals surface area contributed by atoms with Gasteiger partial charge in [0, 0.05) is 49.9 Å². The molecule has 0 amide bonds. The first-order valence-corrected chi connectivity index (χ1v) is 9.18. The van der Waals surface area contributed by atoms with Crippen molar-refractivity contribution in [2.75, 3.05) is 36.6 Å². The lowest BCUT2D eigenvalue weighted by atomic mass is 9.99. The van der Waals surface area contributed by atoms with Crippen LogP contribution in [0, 0.1) is 11.2 Å². The topological polar surface area (TPSA) is 91.8 Å². The minimum Gasteiger partial charge on any atom is -0.477 e. The van der Waals surface area contributed by atoms with Crippen molar-refractivity contribution in [3.8, 4) is 0 Å². The fraction of sp³-hybridized carbons (Fsp3) is 0.474. The average molecular weight is 372 g/mol. The van der Waals surface area contributed by atoms with E-state index in [-0.39, 0.29) is 22.4 Å². The first kappa shape index (κ1) is 16.6. The fourth-order valence-electron chi connectivity index (χ4n) is 4.74. The number of pyridine rings is 1. The summed E-state index contributed by atoms with van der Waals surface area (Å²) in [5, 5.41) is 11.3. The van der Waals surface area contributed by atoms with Gasteiger partial charge in [0.1, 0.15) is 11.4 Å². The van der Waals surface area contributed by atoms with Crippen LogP contribution in [0.1, 0.15) is 28.8 Å². The predicted octanol–water partition coefficient (Wildman–Crippen LogP) is 0.890. The molecule has 1 atom stereocenters. The van der Waals surface area contributed by atoms with E-state index in [1.54, 1.807) is 4.68 Å². The smallest absolute Gasteiger partial charge is 0.341 e. The van der Waals surface area contributed by atoms with Crippen molar-refractivity contribution in [1.29, 1.82) is 0 Å². The minimum absolute atomic E-state index is 0.0302. The SMILES string of the molecule is CN1CCc2c(N3CC(N)C4(CC4)C3)c(F)cc3c(=O)c(C(=O)O)cn1c23. The number of aromatic carboxylic acids is 1. The molecule has 2 fully saturated rings. The molecule has 1 saturated heterocycles. The molecule has 1 aliphatic carbocycles. The van der Waals surface area contributed by atoms with Gasteiger partial charge >= 0.3 is 5.97 Å². The van der Waals surface area contributed by atoms with Gasteiger partial charge in [-0.25, -0.2) is 9.18 Å². The zero-order valence-corrected chi connectivity index (χ0v) is 15.0. The van der Waals surface area contributed by atoms with Crippen LogP contribution in [0.5, 0.6) is 0 Å². The summed E-state index contributed by atoms with van der Waals surface area (Å²) >= 11 is 0. The van der Waals surface area contributed by atoms with Crippen LogP contribution < -0.4 is 21.1 Å². The van der Waals surface area contributed by atoms with Crippen molar-refractivity contribution in [3.63, 3.8) is 0 Å². The highest BCUT2D eigenvalue weighted by molar-refractivity contribution is 5.95. The van der Waals surface area contributed by atoms with Gasteiger partial charge in [-0.15, -0.1) is 0 Å². The van der Waals surface area contributed by atoms with Crippen LogP contribution >= 0.6 is 0 Å². The summed E-state index contributed by atoms with van der Waals surface area (Å²) in [5.41, 5.74) is 7.30. The monoisotopic (exact) mass is 372 g/mol. The maximum atomic E-state index is 15.2. The number of likely N-dealkylation sites (N-methyl/N-ethyl adjacent to an activating group) is 1. The molecule has 3 heterocycles. The lowest BCUT2D eigenvalue weighted by molar-refractivity contribution is 0.0695. The van der Waals surface area contributed by atoms with E-state index < -0.39 is 17.2 Å². The second-order valence-electron chi connectivity index (χ2n) is 8.08. The summed E-state index contributed by atoms with van der Waals surface area (Å²) in [6, 6.07) is 1.23. The van der Waals surface area contributed by atoms with Gasteiger partial charge in [0.2, 0.25) is 5.43 Å². The first-order chi connectivity index (χ1) is 12.8. The summed E-state index contributed by atoms with van der Waals surface area (Å²) < 4.78 is 16.9. The minimum atomic E-state index is -1.31. The predicted molar refractivity (Wildman–Crippen MR) is 99.7 cm³/mol. The maximum Gasteiger partial charge on any atom is 0.341 e. The third-order valence-corrected chi connectivity index (χ3v) is 6.50. The fourth-order valence-corrected chi connectivity index (χ4v) is 4.74. The molecule has 142 valence electrons. The van der Waals surface area contributed by atoms with Crippen molar-refractivity contribution in [2.45, 2.75) is 25.3 Å². The third kappa shape index (κ3) is 2.16. The van der Waals surface area contributed by atoms with E-state index in [2.05, 4.69) is 0 Å². The molecule has 2 aliphatic heterocycles. The summed E-state index contributed by atoms with van der Waals surface area (Å²) in [7, 11) is 1.83. The first-order valence-electron chi connectivity index (χ1n) is 9.18. The highest BCUT2D eigenvalue weighted by Crippen LogP contribution is 2.53. The van der Waals surface area contributed by atoms with E-state index in [0.29, 0.717) is 30.7 Å². The number of carboxylic acids is 1. The van der Waals surface area contributed by atoms with Gasteiger partial charge in [-0.2, -0.15) is 0 Å². The van der Waals surface area contributed by atoms with Crippen molar-refractivity contribution < 1.29 is 14.3 Å². The second-order valence-corrected chi connectivity index (χ2v) is 8.08. The molecule has 2 aromatic rings. The van der Waals surface area contributed by atoms with E-state index in [4.69, 9.17) is 5.73 Å². The van der Waals surface area contributed by atoms with Crippen LogP contribution in [0.4, 0.5) is 10.1 Å². The van der Waals surface area contributed by atoms with Crippen LogP contribution in [-0.2, 0) is 6.42 Å². The van der Waals surface area contributed by atoms with Crippen molar-refractivity contribution in [1.82, 2.24) is 4.68 Å². The third-order valence-electron chi connectivity index (χ3n) is 6.50. The molecule has 3 aliphatic rings. The molecule has 5 rings (SSSR count). The Hall–Kier alpha value is -2.61. The summed E-state index contributed by atoms with van der Waals surface area (Å²) in [4.78, 5) is 26.1.